The molecular formula is C37H41N7O3. The Morgan fingerprint density at radius 1 is 0.915 bits per heavy atom. The van der Waals surface area contributed by atoms with Gasteiger partial charge in [-0.15, -0.1) is 10.2 Å². The van der Waals surface area contributed by atoms with E-state index in [1.807, 2.05) is 30.3 Å². The summed E-state index contributed by atoms with van der Waals surface area (Å²) in [6, 6.07) is 22.5. The number of carbonyl (C=O) groups is 1. The molecule has 3 aromatic carbocycles. The number of aromatic amines is 2. The number of benzene rings is 3. The number of aromatic nitrogens is 5. The van der Waals surface area contributed by atoms with E-state index in [2.05, 4.69) is 68.2 Å². The molecule has 1 fully saturated rings. The number of carbonyl (C=O) groups excluding carboxylic acids is 1. The molecule has 0 spiro atoms. The summed E-state index contributed by atoms with van der Waals surface area (Å²) in [5, 5.41) is 12.2. The summed E-state index contributed by atoms with van der Waals surface area (Å²) < 4.78 is 13.6. The molecule has 6 aromatic rings. The fraction of sp³-hybridized carbons (Fsp3) is 0.324. The van der Waals surface area contributed by atoms with Gasteiger partial charge < -0.3 is 29.7 Å². The summed E-state index contributed by atoms with van der Waals surface area (Å²) in [5.41, 5.74) is 11.5. The Balaban J connectivity index is 1.31. The molecule has 0 saturated carbocycles. The molecule has 1 unspecified atom stereocenters. The number of hydrogen-bond acceptors (Lipinski definition) is 6. The van der Waals surface area contributed by atoms with Crippen LogP contribution >= 0.6 is 0 Å². The highest BCUT2D eigenvalue weighted by atomic mass is 16.5. The van der Waals surface area contributed by atoms with Crippen molar-refractivity contribution in [2.45, 2.75) is 44.7 Å². The largest absolute Gasteiger partial charge is 0.497 e. The molecule has 10 nitrogen and oxygen atoms in total. The minimum atomic E-state index is -0.246. The van der Waals surface area contributed by atoms with E-state index in [1.54, 1.807) is 14.2 Å². The van der Waals surface area contributed by atoms with E-state index in [4.69, 9.17) is 25.4 Å². The van der Waals surface area contributed by atoms with Crippen molar-refractivity contribution in [1.82, 2.24) is 29.6 Å². The van der Waals surface area contributed by atoms with E-state index >= 15 is 0 Å². The number of piperidine rings is 1. The number of para-hydroxylation sites is 2. The van der Waals surface area contributed by atoms with E-state index in [9.17, 15) is 4.79 Å². The van der Waals surface area contributed by atoms with Crippen molar-refractivity contribution in [2.24, 2.45) is 11.7 Å². The van der Waals surface area contributed by atoms with Gasteiger partial charge in [-0.2, -0.15) is 0 Å². The Labute approximate surface area is 273 Å². The number of nitrogens with two attached hydrogens (primary N) is 1. The molecule has 1 aliphatic rings. The van der Waals surface area contributed by atoms with Crippen LogP contribution in [-0.2, 0) is 30.6 Å². The zero-order valence-corrected chi connectivity index (χ0v) is 26.9. The van der Waals surface area contributed by atoms with Crippen LogP contribution in [0.4, 0.5) is 0 Å². The molecule has 10 heteroatoms. The molecule has 1 aliphatic heterocycles. The zero-order chi connectivity index (χ0) is 32.3. The Morgan fingerprint density at radius 3 is 2.36 bits per heavy atom. The van der Waals surface area contributed by atoms with Gasteiger partial charge in [0, 0.05) is 58.8 Å². The van der Waals surface area contributed by atoms with Gasteiger partial charge in [0.05, 0.1) is 32.7 Å². The fourth-order valence-electron chi connectivity index (χ4n) is 7.10. The van der Waals surface area contributed by atoms with Gasteiger partial charge in [0.2, 0.25) is 5.91 Å². The van der Waals surface area contributed by atoms with Crippen LogP contribution < -0.4 is 15.2 Å². The molecule has 0 radical (unpaired) electrons. The maximum absolute atomic E-state index is 12.4. The summed E-state index contributed by atoms with van der Waals surface area (Å²) >= 11 is 0. The van der Waals surface area contributed by atoms with E-state index < -0.39 is 0 Å². The first-order valence-electron chi connectivity index (χ1n) is 16.3. The monoisotopic (exact) mass is 631 g/mol. The fourth-order valence-corrected chi connectivity index (χ4v) is 7.10. The normalized spacial score (nSPS) is 16.1. The molecule has 7 rings (SSSR count). The van der Waals surface area contributed by atoms with Gasteiger partial charge in [0.15, 0.2) is 5.82 Å². The van der Waals surface area contributed by atoms with Gasteiger partial charge in [-0.3, -0.25) is 9.69 Å². The van der Waals surface area contributed by atoms with Crippen molar-refractivity contribution in [3.63, 3.8) is 0 Å². The molecule has 2 atom stereocenters. The van der Waals surface area contributed by atoms with Crippen LogP contribution in [0.25, 0.3) is 21.8 Å². The second-order valence-corrected chi connectivity index (χ2v) is 12.4. The number of nitrogens with one attached hydrogen (secondary N) is 2. The van der Waals surface area contributed by atoms with Crippen LogP contribution in [0.3, 0.4) is 0 Å². The van der Waals surface area contributed by atoms with E-state index in [-0.39, 0.29) is 17.9 Å². The summed E-state index contributed by atoms with van der Waals surface area (Å²) in [6.45, 7) is 1.96. The average molecular weight is 632 g/mol. The number of hydrogen-bond donors (Lipinski definition) is 3. The topological polar surface area (TPSA) is 127 Å². The number of aryl methyl sites for hydroxylation is 2. The van der Waals surface area contributed by atoms with Gasteiger partial charge in [-0.05, 0) is 67.6 Å². The molecule has 4 heterocycles. The van der Waals surface area contributed by atoms with Crippen LogP contribution in [0.2, 0.25) is 0 Å². The quantitative estimate of drug-likeness (QED) is 0.162. The van der Waals surface area contributed by atoms with Crippen molar-refractivity contribution >= 4 is 27.7 Å². The SMILES string of the molecule is COc1ccc(Cn2c(CCc3c[nH]c4ccccc34)nnc2C(Cc2c[nH]c3ccccc23)N2CCC[C@@H](C(N)=O)C2)c(OC)c1. The van der Waals surface area contributed by atoms with Gasteiger partial charge in [0.1, 0.15) is 17.3 Å². The number of rotatable bonds is 12. The Hall–Kier alpha value is -5.09. The molecular weight excluding hydrogens is 590 g/mol. The Bertz CT molecular complexity index is 2010. The first-order chi connectivity index (χ1) is 23.0. The lowest BCUT2D eigenvalue weighted by atomic mass is 9.94. The summed E-state index contributed by atoms with van der Waals surface area (Å²) in [5.74, 6) is 2.80. The van der Waals surface area contributed by atoms with E-state index in [1.165, 1.54) is 21.9 Å². The van der Waals surface area contributed by atoms with Crippen LogP contribution in [0.15, 0.2) is 79.1 Å². The maximum atomic E-state index is 12.4. The number of H-pyrrole nitrogens is 2. The molecule has 4 N–H and O–H groups in total. The lowest BCUT2D eigenvalue weighted by molar-refractivity contribution is -0.123. The molecule has 3 aromatic heterocycles. The highest BCUT2D eigenvalue weighted by molar-refractivity contribution is 5.83. The Kier molecular flexibility index (Phi) is 8.67. The molecule has 47 heavy (non-hydrogen) atoms. The van der Waals surface area contributed by atoms with Crippen molar-refractivity contribution < 1.29 is 14.3 Å². The predicted octanol–water partition coefficient (Wildman–Crippen LogP) is 5.57. The lowest BCUT2D eigenvalue weighted by Gasteiger charge is -2.37. The van der Waals surface area contributed by atoms with Crippen LogP contribution in [0.5, 0.6) is 11.5 Å². The second-order valence-electron chi connectivity index (χ2n) is 12.4. The predicted molar refractivity (Wildman–Crippen MR) is 183 cm³/mol. The minimum Gasteiger partial charge on any atom is -0.497 e. The average Bonchev–Trinajstić information content (AvgIpc) is 3.83. The molecule has 0 aliphatic carbocycles. The highest BCUT2D eigenvalue weighted by Crippen LogP contribution is 2.34. The van der Waals surface area contributed by atoms with Crippen molar-refractivity contribution in [3.8, 4) is 11.5 Å². The van der Waals surface area contributed by atoms with E-state index in [0.29, 0.717) is 25.9 Å². The number of nitrogens with zero attached hydrogens (tertiary/aromatic N) is 4. The molecule has 1 amide bonds. The van der Waals surface area contributed by atoms with Crippen LogP contribution in [0, 0.1) is 5.92 Å². The van der Waals surface area contributed by atoms with Crippen molar-refractivity contribution in [2.75, 3.05) is 27.3 Å². The smallest absolute Gasteiger partial charge is 0.221 e. The first-order valence-corrected chi connectivity index (χ1v) is 16.3. The van der Waals surface area contributed by atoms with Crippen molar-refractivity contribution in [3.05, 3.63) is 107 Å². The van der Waals surface area contributed by atoms with Gasteiger partial charge in [-0.1, -0.05) is 36.4 Å². The third kappa shape index (κ3) is 6.20. The van der Waals surface area contributed by atoms with Crippen LogP contribution in [-0.4, -0.2) is 62.8 Å². The number of methoxy groups -OCH3 is 2. The summed E-state index contributed by atoms with van der Waals surface area (Å²) in [7, 11) is 3.34. The standard InChI is InChI=1S/C37H41N7O3/c1-46-28-15-13-25(34(19-28)47-2)23-44-35(16-14-24-20-39-31-11-5-3-9-29(24)31)41-42-37(44)33(43-17-7-8-26(22-43)36(38)45)18-27-21-40-32-12-6-4-10-30(27)32/h3-6,9-13,15,19-21,26,33,39-40H,7-8,14,16-18,22-23H2,1-2H3,(H2,38,45)/t26-,33?/m1/s1. The molecule has 1 saturated heterocycles. The number of likely N-dealkylation sites (tertiary alicyclic amines) is 1. The number of fused-ring (bicyclic) bond motifs is 2. The zero-order valence-electron chi connectivity index (χ0n) is 26.9. The maximum Gasteiger partial charge on any atom is 0.221 e. The lowest BCUT2D eigenvalue weighted by Crippen LogP contribution is -2.44. The number of ether oxygens (including phenoxy) is 2. The summed E-state index contributed by atoms with van der Waals surface area (Å²) in [6.07, 6.45) is 8.10. The third-order valence-electron chi connectivity index (χ3n) is 9.65. The van der Waals surface area contributed by atoms with Gasteiger partial charge in [-0.25, -0.2) is 0 Å². The minimum absolute atomic E-state index is 0.130. The van der Waals surface area contributed by atoms with Crippen molar-refractivity contribution in [1.29, 1.82) is 0 Å². The second kappa shape index (κ2) is 13.3. The Morgan fingerprint density at radius 2 is 1.64 bits per heavy atom. The van der Waals surface area contributed by atoms with Crippen LogP contribution in [0.1, 0.15) is 47.2 Å². The number of amides is 1. The molecule has 242 valence electrons. The van der Waals surface area contributed by atoms with Gasteiger partial charge >= 0.3 is 0 Å². The molecule has 0 bridgehead atoms. The first kappa shape index (κ1) is 30.6. The van der Waals surface area contributed by atoms with Gasteiger partial charge in [0.25, 0.3) is 0 Å². The van der Waals surface area contributed by atoms with E-state index in [0.717, 1.165) is 65.6 Å². The summed E-state index contributed by atoms with van der Waals surface area (Å²) in [4.78, 5) is 21.6. The third-order valence-corrected chi connectivity index (χ3v) is 9.65. The number of primary amides is 1. The highest BCUT2D eigenvalue weighted by Gasteiger charge is 2.33.